The van der Waals surface area contributed by atoms with Crippen LogP contribution in [0.4, 0.5) is 5.69 Å². The van der Waals surface area contributed by atoms with Gasteiger partial charge in [-0.25, -0.2) is 0 Å². The number of carbonyl (C=O) groups is 2. The van der Waals surface area contributed by atoms with Gasteiger partial charge in [-0.15, -0.1) is 0 Å². The van der Waals surface area contributed by atoms with Crippen molar-refractivity contribution in [3.8, 4) is 0 Å². The summed E-state index contributed by atoms with van der Waals surface area (Å²) in [5, 5.41) is 11.3. The lowest BCUT2D eigenvalue weighted by Gasteiger charge is -2.07. The molecule has 0 radical (unpaired) electrons. The number of anilines is 1. The van der Waals surface area contributed by atoms with E-state index in [1.165, 1.54) is 6.92 Å². The van der Waals surface area contributed by atoms with Crippen molar-refractivity contribution in [2.75, 3.05) is 5.32 Å². The molecule has 1 aromatic rings. The lowest BCUT2D eigenvalue weighted by molar-refractivity contribution is -0.142. The topological polar surface area (TPSA) is 66.4 Å². The average Bonchev–Trinajstić information content (AvgIpc) is 2.21. The first-order chi connectivity index (χ1) is 7.49. The summed E-state index contributed by atoms with van der Waals surface area (Å²) in [6.07, 6.45) is -0.0224. The van der Waals surface area contributed by atoms with E-state index in [1.54, 1.807) is 24.3 Å². The number of carbonyl (C=O) groups excluding carboxylic acids is 1. The lowest BCUT2D eigenvalue weighted by Crippen LogP contribution is -2.19. The van der Waals surface area contributed by atoms with E-state index in [2.05, 4.69) is 21.2 Å². The fourth-order valence-electron chi connectivity index (χ4n) is 1.11. The Kier molecular flexibility index (Phi) is 4.49. The van der Waals surface area contributed by atoms with E-state index in [0.717, 1.165) is 4.47 Å². The number of halogens is 1. The van der Waals surface area contributed by atoms with Gasteiger partial charge >= 0.3 is 5.97 Å². The third-order valence-electron chi connectivity index (χ3n) is 2.04. The normalized spacial score (nSPS) is 11.9. The molecule has 0 aromatic heterocycles. The molecule has 2 N–H and O–H groups in total. The SMILES string of the molecule is CC(CC(=O)Nc1ccc(Br)cc1)C(=O)O. The quantitative estimate of drug-likeness (QED) is 0.893. The number of amides is 1. The zero-order valence-corrected chi connectivity index (χ0v) is 10.3. The van der Waals surface area contributed by atoms with Crippen LogP contribution in [0.15, 0.2) is 28.7 Å². The number of aliphatic carboxylic acids is 1. The van der Waals surface area contributed by atoms with Gasteiger partial charge in [-0.1, -0.05) is 22.9 Å². The zero-order valence-electron chi connectivity index (χ0n) is 8.74. The first kappa shape index (κ1) is 12.7. The molecular formula is C11H12BrNO3. The highest BCUT2D eigenvalue weighted by atomic mass is 79.9. The minimum atomic E-state index is -0.967. The molecule has 4 nitrogen and oxygen atoms in total. The molecule has 0 bridgehead atoms. The first-order valence-electron chi connectivity index (χ1n) is 4.77. The number of carboxylic acids is 1. The van der Waals surface area contributed by atoms with E-state index in [4.69, 9.17) is 5.11 Å². The van der Waals surface area contributed by atoms with Gasteiger partial charge in [0.25, 0.3) is 0 Å². The van der Waals surface area contributed by atoms with Crippen LogP contribution in [0, 0.1) is 5.92 Å². The molecule has 1 unspecified atom stereocenters. The summed E-state index contributed by atoms with van der Waals surface area (Å²) in [5.41, 5.74) is 0.658. The molecule has 1 rings (SSSR count). The fraction of sp³-hybridized carbons (Fsp3) is 0.273. The molecule has 86 valence electrons. The lowest BCUT2D eigenvalue weighted by atomic mass is 10.1. The summed E-state index contributed by atoms with van der Waals surface area (Å²) < 4.78 is 0.921. The summed E-state index contributed by atoms with van der Waals surface area (Å²) in [5.74, 6) is -1.93. The Morgan fingerprint density at radius 3 is 2.44 bits per heavy atom. The van der Waals surface area contributed by atoms with Gasteiger partial charge in [0, 0.05) is 16.6 Å². The number of hydrogen-bond donors (Lipinski definition) is 2. The predicted molar refractivity (Wildman–Crippen MR) is 64.2 cm³/mol. The van der Waals surface area contributed by atoms with Crippen molar-refractivity contribution < 1.29 is 14.7 Å². The van der Waals surface area contributed by atoms with Crippen LogP contribution in [0.25, 0.3) is 0 Å². The number of hydrogen-bond acceptors (Lipinski definition) is 2. The van der Waals surface area contributed by atoms with Crippen LogP contribution in [0.1, 0.15) is 13.3 Å². The van der Waals surface area contributed by atoms with Crippen molar-refractivity contribution in [3.63, 3.8) is 0 Å². The molecule has 0 aliphatic rings. The maximum absolute atomic E-state index is 11.4. The second-order valence-electron chi connectivity index (χ2n) is 3.50. The monoisotopic (exact) mass is 285 g/mol. The zero-order chi connectivity index (χ0) is 12.1. The van der Waals surface area contributed by atoms with Crippen LogP contribution in [0.2, 0.25) is 0 Å². The van der Waals surface area contributed by atoms with Crippen molar-refractivity contribution in [1.82, 2.24) is 0 Å². The molecule has 1 aromatic carbocycles. The van der Waals surface area contributed by atoms with E-state index in [-0.39, 0.29) is 12.3 Å². The van der Waals surface area contributed by atoms with Crippen molar-refractivity contribution >= 4 is 33.5 Å². The highest BCUT2D eigenvalue weighted by molar-refractivity contribution is 9.10. The van der Waals surface area contributed by atoms with Crippen LogP contribution in [-0.4, -0.2) is 17.0 Å². The molecule has 0 saturated carbocycles. The molecule has 0 aliphatic carbocycles. The van der Waals surface area contributed by atoms with Crippen LogP contribution in [0.3, 0.4) is 0 Å². The van der Waals surface area contributed by atoms with E-state index in [0.29, 0.717) is 5.69 Å². The second kappa shape index (κ2) is 5.65. The maximum Gasteiger partial charge on any atom is 0.306 e. The second-order valence-corrected chi connectivity index (χ2v) is 4.41. The number of rotatable bonds is 4. The van der Waals surface area contributed by atoms with Crippen LogP contribution < -0.4 is 5.32 Å². The predicted octanol–water partition coefficient (Wildman–Crippen LogP) is 2.50. The molecule has 0 spiro atoms. The summed E-state index contributed by atoms with van der Waals surface area (Å²) in [7, 11) is 0. The molecule has 5 heteroatoms. The van der Waals surface area contributed by atoms with Crippen molar-refractivity contribution in [2.24, 2.45) is 5.92 Å². The molecule has 0 fully saturated rings. The maximum atomic E-state index is 11.4. The van der Waals surface area contributed by atoms with Crippen LogP contribution in [0.5, 0.6) is 0 Å². The van der Waals surface area contributed by atoms with Gasteiger partial charge in [0.1, 0.15) is 0 Å². The fourth-order valence-corrected chi connectivity index (χ4v) is 1.37. The average molecular weight is 286 g/mol. The highest BCUT2D eigenvalue weighted by Crippen LogP contribution is 2.14. The minimum absolute atomic E-state index is 0.0224. The first-order valence-corrected chi connectivity index (χ1v) is 5.56. The Labute approximate surface area is 102 Å². The Bertz CT molecular complexity index is 389. The third-order valence-corrected chi connectivity index (χ3v) is 2.57. The van der Waals surface area contributed by atoms with E-state index >= 15 is 0 Å². The van der Waals surface area contributed by atoms with Crippen LogP contribution in [-0.2, 0) is 9.59 Å². The van der Waals surface area contributed by atoms with Gasteiger partial charge in [-0.3, -0.25) is 9.59 Å². The van der Waals surface area contributed by atoms with Crippen molar-refractivity contribution in [3.05, 3.63) is 28.7 Å². The number of nitrogens with one attached hydrogen (secondary N) is 1. The molecule has 1 amide bonds. The Balaban J connectivity index is 2.52. The molecule has 0 saturated heterocycles. The summed E-state index contributed by atoms with van der Waals surface area (Å²) in [6.45, 7) is 1.50. The molecule has 1 atom stereocenters. The molecule has 16 heavy (non-hydrogen) atoms. The third kappa shape index (κ3) is 4.02. The van der Waals surface area contributed by atoms with Gasteiger partial charge in [0.05, 0.1) is 5.92 Å². The summed E-state index contributed by atoms with van der Waals surface area (Å²) >= 11 is 3.28. The molecule has 0 aliphatic heterocycles. The largest absolute Gasteiger partial charge is 0.481 e. The van der Waals surface area contributed by atoms with E-state index < -0.39 is 11.9 Å². The van der Waals surface area contributed by atoms with E-state index in [9.17, 15) is 9.59 Å². The van der Waals surface area contributed by atoms with Gasteiger partial charge in [-0.2, -0.15) is 0 Å². The standard InChI is InChI=1S/C11H12BrNO3/c1-7(11(15)16)6-10(14)13-9-4-2-8(12)3-5-9/h2-5,7H,6H2,1H3,(H,13,14)(H,15,16). The van der Waals surface area contributed by atoms with Gasteiger partial charge in [0.15, 0.2) is 0 Å². The number of carboxylic acid groups (broad SMARTS) is 1. The molecular weight excluding hydrogens is 274 g/mol. The van der Waals surface area contributed by atoms with Gasteiger partial charge < -0.3 is 10.4 Å². The smallest absolute Gasteiger partial charge is 0.306 e. The van der Waals surface area contributed by atoms with Crippen molar-refractivity contribution in [2.45, 2.75) is 13.3 Å². The number of benzene rings is 1. The Morgan fingerprint density at radius 1 is 1.38 bits per heavy atom. The van der Waals surface area contributed by atoms with Gasteiger partial charge in [0.2, 0.25) is 5.91 Å². The summed E-state index contributed by atoms with van der Waals surface area (Å²) in [4.78, 5) is 22.0. The molecule has 0 heterocycles. The highest BCUT2D eigenvalue weighted by Gasteiger charge is 2.15. The summed E-state index contributed by atoms with van der Waals surface area (Å²) in [6, 6.07) is 7.09. The minimum Gasteiger partial charge on any atom is -0.481 e. The Morgan fingerprint density at radius 2 is 1.94 bits per heavy atom. The van der Waals surface area contributed by atoms with Crippen LogP contribution >= 0.6 is 15.9 Å². The van der Waals surface area contributed by atoms with Gasteiger partial charge in [-0.05, 0) is 24.3 Å². The van der Waals surface area contributed by atoms with Crippen molar-refractivity contribution in [1.29, 1.82) is 0 Å². The Hall–Kier alpha value is -1.36. The van der Waals surface area contributed by atoms with E-state index in [1.807, 2.05) is 0 Å².